The summed E-state index contributed by atoms with van der Waals surface area (Å²) in [5.74, 6) is 0.430. The number of ether oxygens (including phenoxy) is 2. The number of methoxy groups -OCH3 is 1. The third-order valence-electron chi connectivity index (χ3n) is 4.12. The lowest BCUT2D eigenvalue weighted by atomic mass is 10.0. The van der Waals surface area contributed by atoms with Crippen LogP contribution in [0.2, 0.25) is 0 Å². The molecule has 1 atom stereocenters. The Morgan fingerprint density at radius 1 is 1.24 bits per heavy atom. The van der Waals surface area contributed by atoms with Crippen molar-refractivity contribution in [2.45, 2.75) is 18.9 Å². The molecule has 0 aliphatic carbocycles. The Morgan fingerprint density at radius 2 is 2.00 bits per heavy atom. The van der Waals surface area contributed by atoms with Crippen LogP contribution in [0.3, 0.4) is 0 Å². The van der Waals surface area contributed by atoms with Crippen molar-refractivity contribution in [1.82, 2.24) is 4.90 Å². The molecule has 0 saturated carbocycles. The van der Waals surface area contributed by atoms with Crippen molar-refractivity contribution in [3.05, 3.63) is 64.1 Å². The molecule has 1 saturated heterocycles. The van der Waals surface area contributed by atoms with E-state index in [1.54, 1.807) is 13.2 Å². The second kappa shape index (κ2) is 7.70. The molecule has 0 unspecified atom stereocenters. The van der Waals surface area contributed by atoms with Crippen molar-refractivity contribution in [2.75, 3.05) is 13.7 Å². The van der Waals surface area contributed by atoms with Gasteiger partial charge in [0.1, 0.15) is 12.4 Å². The molecule has 5 nitrogen and oxygen atoms in total. The number of carbonyl (C=O) groups is 2. The summed E-state index contributed by atoms with van der Waals surface area (Å²) in [7, 11) is 1.58. The molecule has 0 bridgehead atoms. The highest BCUT2D eigenvalue weighted by Gasteiger charge is 2.37. The fourth-order valence-corrected chi connectivity index (χ4v) is 3.47. The fourth-order valence-electron chi connectivity index (χ4n) is 2.88. The second-order valence-electron chi connectivity index (χ2n) is 5.83. The molecular weight excluding hydrogens is 386 g/mol. The molecule has 0 radical (unpaired) electrons. The van der Waals surface area contributed by atoms with Crippen LogP contribution in [-0.4, -0.2) is 36.7 Å². The number of rotatable bonds is 5. The van der Waals surface area contributed by atoms with Gasteiger partial charge in [-0.25, -0.2) is 9.69 Å². The van der Waals surface area contributed by atoms with Gasteiger partial charge in [0, 0.05) is 0 Å². The highest BCUT2D eigenvalue weighted by atomic mass is 79.9. The number of amides is 2. The van der Waals surface area contributed by atoms with Crippen LogP contribution in [0.4, 0.5) is 4.79 Å². The molecule has 1 heterocycles. The van der Waals surface area contributed by atoms with Crippen LogP contribution in [-0.2, 0) is 22.4 Å². The predicted molar refractivity (Wildman–Crippen MR) is 96.5 cm³/mol. The summed E-state index contributed by atoms with van der Waals surface area (Å²) in [6.07, 6.45) is 0.145. The second-order valence-corrected chi connectivity index (χ2v) is 6.68. The third kappa shape index (κ3) is 4.02. The number of hydrogen-bond donors (Lipinski definition) is 0. The molecule has 1 aliphatic heterocycles. The SMILES string of the molecule is COc1ccc(CC(=O)N2C(=O)OC[C@@H]2Cc2ccccc2)cc1Br. The first-order valence-corrected chi connectivity index (χ1v) is 8.73. The van der Waals surface area contributed by atoms with Crippen molar-refractivity contribution in [2.24, 2.45) is 0 Å². The highest BCUT2D eigenvalue weighted by Crippen LogP contribution is 2.26. The first kappa shape index (κ1) is 17.5. The van der Waals surface area contributed by atoms with E-state index < -0.39 is 6.09 Å². The van der Waals surface area contributed by atoms with E-state index in [1.165, 1.54) is 4.90 Å². The van der Waals surface area contributed by atoms with Gasteiger partial charge in [-0.15, -0.1) is 0 Å². The summed E-state index contributed by atoms with van der Waals surface area (Å²) >= 11 is 3.41. The number of hydrogen-bond acceptors (Lipinski definition) is 4. The Hall–Kier alpha value is -2.34. The average Bonchev–Trinajstić information content (AvgIpc) is 2.96. The van der Waals surface area contributed by atoms with Gasteiger partial charge in [0.15, 0.2) is 0 Å². The van der Waals surface area contributed by atoms with E-state index in [2.05, 4.69) is 15.9 Å². The monoisotopic (exact) mass is 403 g/mol. The van der Waals surface area contributed by atoms with Crippen LogP contribution in [0.25, 0.3) is 0 Å². The number of nitrogens with zero attached hydrogens (tertiary/aromatic N) is 1. The summed E-state index contributed by atoms with van der Waals surface area (Å²) in [5, 5.41) is 0. The lowest BCUT2D eigenvalue weighted by molar-refractivity contribution is -0.128. The van der Waals surface area contributed by atoms with Gasteiger partial charge in [-0.2, -0.15) is 0 Å². The predicted octanol–water partition coefficient (Wildman–Crippen LogP) is 3.59. The normalized spacial score (nSPS) is 16.6. The van der Waals surface area contributed by atoms with Crippen LogP contribution in [0.1, 0.15) is 11.1 Å². The Kier molecular flexibility index (Phi) is 5.38. The van der Waals surface area contributed by atoms with E-state index in [-0.39, 0.29) is 25.0 Å². The zero-order chi connectivity index (χ0) is 17.8. The molecule has 1 fully saturated rings. The molecule has 1 aliphatic rings. The van der Waals surface area contributed by atoms with E-state index in [1.807, 2.05) is 42.5 Å². The minimum atomic E-state index is -0.571. The highest BCUT2D eigenvalue weighted by molar-refractivity contribution is 9.10. The maximum absolute atomic E-state index is 12.7. The summed E-state index contributed by atoms with van der Waals surface area (Å²) in [4.78, 5) is 25.9. The average molecular weight is 404 g/mol. The Labute approximate surface area is 154 Å². The van der Waals surface area contributed by atoms with Gasteiger partial charge in [-0.05, 0) is 45.6 Å². The van der Waals surface area contributed by atoms with Crippen molar-refractivity contribution in [3.8, 4) is 5.75 Å². The van der Waals surface area contributed by atoms with Gasteiger partial charge >= 0.3 is 6.09 Å². The molecule has 6 heteroatoms. The van der Waals surface area contributed by atoms with Crippen molar-refractivity contribution < 1.29 is 19.1 Å². The fraction of sp³-hybridized carbons (Fsp3) is 0.263. The lowest BCUT2D eigenvalue weighted by Crippen LogP contribution is -2.41. The van der Waals surface area contributed by atoms with Crippen LogP contribution in [0, 0.1) is 0 Å². The van der Waals surface area contributed by atoms with E-state index in [9.17, 15) is 9.59 Å². The number of carbonyl (C=O) groups excluding carboxylic acids is 2. The zero-order valence-corrected chi connectivity index (χ0v) is 15.4. The molecular formula is C19H18BrNO4. The minimum Gasteiger partial charge on any atom is -0.496 e. The number of benzene rings is 2. The smallest absolute Gasteiger partial charge is 0.416 e. The summed E-state index contributed by atoms with van der Waals surface area (Å²) in [5.41, 5.74) is 1.87. The van der Waals surface area contributed by atoms with Gasteiger partial charge in [-0.1, -0.05) is 36.4 Å². The van der Waals surface area contributed by atoms with Gasteiger partial charge in [0.25, 0.3) is 0 Å². The topological polar surface area (TPSA) is 55.8 Å². The summed E-state index contributed by atoms with van der Waals surface area (Å²) in [6.45, 7) is 0.228. The van der Waals surface area contributed by atoms with E-state index >= 15 is 0 Å². The first-order valence-electron chi connectivity index (χ1n) is 7.93. The van der Waals surface area contributed by atoms with Crippen molar-refractivity contribution in [3.63, 3.8) is 0 Å². The van der Waals surface area contributed by atoms with E-state index in [4.69, 9.17) is 9.47 Å². The van der Waals surface area contributed by atoms with E-state index in [0.29, 0.717) is 12.2 Å². The third-order valence-corrected chi connectivity index (χ3v) is 4.74. The molecule has 130 valence electrons. The largest absolute Gasteiger partial charge is 0.496 e. The Balaban J connectivity index is 1.72. The standard InChI is InChI=1S/C19H18BrNO4/c1-24-17-8-7-14(10-16(17)20)11-18(22)21-15(12-25-19(21)23)9-13-5-3-2-4-6-13/h2-8,10,15H,9,11-12H2,1H3/t15-/m0/s1. The molecule has 25 heavy (non-hydrogen) atoms. The van der Waals surface area contributed by atoms with Gasteiger partial charge in [0.2, 0.25) is 5.91 Å². The number of imide groups is 1. The molecule has 2 aromatic rings. The van der Waals surface area contributed by atoms with Crippen LogP contribution in [0.5, 0.6) is 5.75 Å². The first-order chi connectivity index (χ1) is 12.1. The summed E-state index contributed by atoms with van der Waals surface area (Å²) in [6, 6.07) is 14.9. The van der Waals surface area contributed by atoms with Crippen LogP contribution < -0.4 is 4.74 Å². The van der Waals surface area contributed by atoms with Crippen molar-refractivity contribution in [1.29, 1.82) is 0 Å². The molecule has 2 aromatic carbocycles. The zero-order valence-electron chi connectivity index (χ0n) is 13.8. The number of halogens is 1. The van der Waals surface area contributed by atoms with E-state index in [0.717, 1.165) is 15.6 Å². The lowest BCUT2D eigenvalue weighted by Gasteiger charge is -2.20. The van der Waals surface area contributed by atoms with Crippen LogP contribution >= 0.6 is 15.9 Å². The molecule has 0 aromatic heterocycles. The molecule has 0 spiro atoms. The molecule has 3 rings (SSSR count). The summed E-state index contributed by atoms with van der Waals surface area (Å²) < 4.78 is 11.1. The number of cyclic esters (lactones) is 1. The molecule has 2 amide bonds. The molecule has 0 N–H and O–H groups in total. The van der Waals surface area contributed by atoms with Crippen LogP contribution in [0.15, 0.2) is 53.0 Å². The Morgan fingerprint density at radius 3 is 2.68 bits per heavy atom. The van der Waals surface area contributed by atoms with Gasteiger partial charge in [0.05, 0.1) is 24.0 Å². The van der Waals surface area contributed by atoms with Crippen molar-refractivity contribution >= 4 is 27.9 Å². The Bertz CT molecular complexity index is 778. The maximum Gasteiger partial charge on any atom is 0.416 e. The van der Waals surface area contributed by atoms with Gasteiger partial charge < -0.3 is 9.47 Å². The quantitative estimate of drug-likeness (QED) is 0.765. The van der Waals surface area contributed by atoms with Gasteiger partial charge in [-0.3, -0.25) is 4.79 Å². The minimum absolute atomic E-state index is 0.128. The maximum atomic E-state index is 12.7.